The largest absolute Gasteiger partial charge is 0.493 e. The van der Waals surface area contributed by atoms with Crippen molar-refractivity contribution in [1.82, 2.24) is 0 Å². The van der Waals surface area contributed by atoms with E-state index in [1.54, 1.807) is 6.92 Å². The number of rotatable bonds is 6. The highest BCUT2D eigenvalue weighted by Gasteiger charge is 2.45. The lowest BCUT2D eigenvalue weighted by Crippen LogP contribution is -2.44. The summed E-state index contributed by atoms with van der Waals surface area (Å²) in [7, 11) is 4.22. The Labute approximate surface area is 163 Å². The van der Waals surface area contributed by atoms with E-state index < -0.39 is 23.7 Å². The number of hydrogen-bond donors (Lipinski definition) is 0. The second-order valence-corrected chi connectivity index (χ2v) is 6.92. The Balaban J connectivity index is 1.96. The number of benzene rings is 1. The molecule has 0 saturated heterocycles. The van der Waals surface area contributed by atoms with Gasteiger partial charge < -0.3 is 18.9 Å². The third-order valence-corrected chi connectivity index (χ3v) is 5.27. The molecule has 0 radical (unpaired) electrons. The Morgan fingerprint density at radius 2 is 1.68 bits per heavy atom. The smallest absolute Gasteiger partial charge is 0.329 e. The van der Waals surface area contributed by atoms with Gasteiger partial charge in [-0.3, -0.25) is 14.5 Å². The van der Waals surface area contributed by atoms with E-state index in [-0.39, 0.29) is 28.9 Å². The monoisotopic (exact) mass is 391 g/mol. The normalized spacial score (nSPS) is 17.9. The molecule has 28 heavy (non-hydrogen) atoms. The fraction of sp³-hybridized carbons (Fsp3) is 0.550. The summed E-state index contributed by atoms with van der Waals surface area (Å²) in [6.45, 7) is 1.55. The first kappa shape index (κ1) is 20.0. The Bertz CT molecular complexity index is 798. The number of ketones is 1. The minimum absolute atomic E-state index is 0.0578. The molecule has 0 spiro atoms. The molecule has 1 aliphatic carbocycles. The molecule has 1 saturated carbocycles. The molecule has 0 bridgehead atoms. The van der Waals surface area contributed by atoms with Crippen LogP contribution < -0.4 is 19.1 Å². The summed E-state index contributed by atoms with van der Waals surface area (Å²) in [5.41, 5.74) is 0.306. The van der Waals surface area contributed by atoms with Gasteiger partial charge in [0.1, 0.15) is 12.1 Å². The number of methoxy groups -OCH3 is 3. The van der Waals surface area contributed by atoms with Crippen LogP contribution in [0.15, 0.2) is 6.07 Å². The molecule has 1 amide bonds. The second kappa shape index (κ2) is 8.08. The molecule has 1 fully saturated rings. The maximum absolute atomic E-state index is 12.7. The van der Waals surface area contributed by atoms with Gasteiger partial charge in [0.05, 0.1) is 32.6 Å². The van der Waals surface area contributed by atoms with Gasteiger partial charge in [0.15, 0.2) is 11.5 Å². The molecule has 1 aliphatic heterocycles. The standard InChI is InChI=1S/C20H25NO7/c1-11(20(24)28-12-8-6-5-7-9-12)21-13-10-14(25-2)17(26-3)18(27-4)15(13)16(22)19(21)23/h10-12H,5-9H2,1-4H3. The van der Waals surface area contributed by atoms with Crippen LogP contribution in [0.1, 0.15) is 49.4 Å². The molecule has 152 valence electrons. The highest BCUT2D eigenvalue weighted by molar-refractivity contribution is 6.53. The molecule has 0 N–H and O–H groups in total. The first-order chi connectivity index (χ1) is 13.4. The predicted octanol–water partition coefficient (Wildman–Crippen LogP) is 2.51. The summed E-state index contributed by atoms with van der Waals surface area (Å²) in [5, 5.41) is 0. The van der Waals surface area contributed by atoms with Crippen molar-refractivity contribution in [3.8, 4) is 17.2 Å². The van der Waals surface area contributed by atoms with Crippen LogP contribution >= 0.6 is 0 Å². The van der Waals surface area contributed by atoms with Crippen LogP contribution in [0.2, 0.25) is 0 Å². The lowest BCUT2D eigenvalue weighted by atomic mass is 9.98. The van der Waals surface area contributed by atoms with Crippen LogP contribution in [-0.2, 0) is 14.3 Å². The molecule has 8 heteroatoms. The van der Waals surface area contributed by atoms with E-state index in [2.05, 4.69) is 0 Å². The van der Waals surface area contributed by atoms with Gasteiger partial charge in [-0.2, -0.15) is 0 Å². The fourth-order valence-corrected chi connectivity index (χ4v) is 3.81. The van der Waals surface area contributed by atoms with Crippen LogP contribution in [0.4, 0.5) is 5.69 Å². The number of Topliss-reactive ketones (excluding diaryl/α,β-unsaturated/α-hetero) is 1. The van der Waals surface area contributed by atoms with Crippen molar-refractivity contribution in [2.24, 2.45) is 0 Å². The van der Waals surface area contributed by atoms with Gasteiger partial charge in [0.25, 0.3) is 11.7 Å². The van der Waals surface area contributed by atoms with Crippen molar-refractivity contribution < 1.29 is 33.3 Å². The Morgan fingerprint density at radius 1 is 1.04 bits per heavy atom. The third-order valence-electron chi connectivity index (χ3n) is 5.27. The van der Waals surface area contributed by atoms with Crippen LogP contribution in [0.5, 0.6) is 17.2 Å². The van der Waals surface area contributed by atoms with Crippen molar-refractivity contribution in [3.63, 3.8) is 0 Å². The van der Waals surface area contributed by atoms with Crippen LogP contribution in [0.3, 0.4) is 0 Å². The second-order valence-electron chi connectivity index (χ2n) is 6.92. The van der Waals surface area contributed by atoms with Gasteiger partial charge in [-0.25, -0.2) is 4.79 Å². The highest BCUT2D eigenvalue weighted by atomic mass is 16.5. The molecule has 1 unspecified atom stereocenters. The van der Waals surface area contributed by atoms with Crippen LogP contribution in [-0.4, -0.2) is 51.1 Å². The van der Waals surface area contributed by atoms with Crippen molar-refractivity contribution >= 4 is 23.3 Å². The zero-order valence-corrected chi connectivity index (χ0v) is 16.6. The van der Waals surface area contributed by atoms with Crippen molar-refractivity contribution in [2.45, 2.75) is 51.2 Å². The van der Waals surface area contributed by atoms with E-state index in [0.717, 1.165) is 37.0 Å². The summed E-state index contributed by atoms with van der Waals surface area (Å²) >= 11 is 0. The maximum atomic E-state index is 12.7. The van der Waals surface area contributed by atoms with Gasteiger partial charge in [-0.05, 0) is 32.6 Å². The summed E-state index contributed by atoms with van der Waals surface area (Å²) in [6.07, 6.45) is 4.67. The fourth-order valence-electron chi connectivity index (χ4n) is 3.81. The topological polar surface area (TPSA) is 91.4 Å². The average molecular weight is 391 g/mol. The summed E-state index contributed by atoms with van der Waals surface area (Å²) in [5.74, 6) is -1.50. The van der Waals surface area contributed by atoms with Gasteiger partial charge >= 0.3 is 5.97 Å². The van der Waals surface area contributed by atoms with E-state index in [0.29, 0.717) is 5.75 Å². The lowest BCUT2D eigenvalue weighted by molar-refractivity contribution is -0.152. The van der Waals surface area contributed by atoms with Crippen molar-refractivity contribution in [3.05, 3.63) is 11.6 Å². The zero-order chi connectivity index (χ0) is 20.4. The van der Waals surface area contributed by atoms with E-state index in [1.807, 2.05) is 0 Å². The number of ether oxygens (including phenoxy) is 4. The average Bonchev–Trinajstić information content (AvgIpc) is 2.96. The molecule has 0 aromatic heterocycles. The maximum Gasteiger partial charge on any atom is 0.329 e. The molecule has 1 atom stereocenters. The van der Waals surface area contributed by atoms with Crippen molar-refractivity contribution in [2.75, 3.05) is 26.2 Å². The van der Waals surface area contributed by atoms with Gasteiger partial charge in [-0.15, -0.1) is 0 Å². The van der Waals surface area contributed by atoms with Gasteiger partial charge in [0.2, 0.25) is 5.75 Å². The predicted molar refractivity (Wildman–Crippen MR) is 100 cm³/mol. The van der Waals surface area contributed by atoms with Crippen molar-refractivity contribution in [1.29, 1.82) is 0 Å². The highest BCUT2D eigenvalue weighted by Crippen LogP contribution is 2.48. The minimum atomic E-state index is -0.956. The summed E-state index contributed by atoms with van der Waals surface area (Å²) < 4.78 is 21.5. The first-order valence-corrected chi connectivity index (χ1v) is 9.35. The first-order valence-electron chi connectivity index (χ1n) is 9.35. The Morgan fingerprint density at radius 3 is 2.25 bits per heavy atom. The number of nitrogens with zero attached hydrogens (tertiary/aromatic N) is 1. The number of carbonyl (C=O) groups is 3. The molecule has 1 aromatic carbocycles. The number of carbonyl (C=O) groups excluding carboxylic acids is 3. The quantitative estimate of drug-likeness (QED) is 0.543. The molecule has 1 aromatic rings. The number of amides is 1. The minimum Gasteiger partial charge on any atom is -0.493 e. The van der Waals surface area contributed by atoms with Gasteiger partial charge in [-0.1, -0.05) is 6.42 Å². The molecule has 3 rings (SSSR count). The van der Waals surface area contributed by atoms with E-state index in [9.17, 15) is 14.4 Å². The van der Waals surface area contributed by atoms with E-state index in [4.69, 9.17) is 18.9 Å². The summed E-state index contributed by atoms with van der Waals surface area (Å²) in [4.78, 5) is 39.2. The number of anilines is 1. The zero-order valence-electron chi connectivity index (χ0n) is 16.6. The number of fused-ring (bicyclic) bond motifs is 1. The Kier molecular flexibility index (Phi) is 5.76. The lowest BCUT2D eigenvalue weighted by Gasteiger charge is -2.27. The third kappa shape index (κ3) is 3.27. The molecule has 2 aliphatic rings. The molecule has 8 nitrogen and oxygen atoms in total. The SMILES string of the molecule is COc1cc2c(c(OC)c1OC)C(=O)C(=O)N2C(C)C(=O)OC1CCCCC1. The summed E-state index contributed by atoms with van der Waals surface area (Å²) in [6, 6.07) is 0.548. The molecule has 1 heterocycles. The molecular formula is C20H25NO7. The van der Waals surface area contributed by atoms with E-state index >= 15 is 0 Å². The molecular weight excluding hydrogens is 366 g/mol. The number of esters is 1. The van der Waals surface area contributed by atoms with Crippen LogP contribution in [0, 0.1) is 0 Å². The number of hydrogen-bond acceptors (Lipinski definition) is 7. The van der Waals surface area contributed by atoms with Gasteiger partial charge in [0, 0.05) is 6.07 Å². The Hall–Kier alpha value is -2.77. The van der Waals surface area contributed by atoms with E-state index in [1.165, 1.54) is 27.4 Å². The van der Waals surface area contributed by atoms with Crippen LogP contribution in [0.25, 0.3) is 0 Å².